The van der Waals surface area contributed by atoms with Gasteiger partial charge in [0.2, 0.25) is 5.91 Å². The molecule has 0 spiro atoms. The standard InChI is InChI=1S/C25H25ClN2O6S/c1-3-33-20-13-11-19(12-14-20)28(35(31,32)21-8-6-5-7-9-21)17-24(29)27-23-15-10-18(16-22(23)26)25(30)34-4-2/h5-16H,3-4,17H2,1-2H3,(H,27,29). The number of amides is 1. The molecular weight excluding hydrogens is 492 g/mol. The average Bonchev–Trinajstić information content (AvgIpc) is 2.85. The quantitative estimate of drug-likeness (QED) is 0.390. The molecule has 1 amide bonds. The van der Waals surface area contributed by atoms with Gasteiger partial charge in [-0.05, 0) is 68.4 Å². The van der Waals surface area contributed by atoms with Crippen molar-refractivity contribution in [2.75, 3.05) is 29.4 Å². The minimum atomic E-state index is -4.06. The highest BCUT2D eigenvalue weighted by atomic mass is 35.5. The first kappa shape index (κ1) is 26.1. The average molecular weight is 517 g/mol. The maximum Gasteiger partial charge on any atom is 0.338 e. The van der Waals surface area contributed by atoms with Crippen LogP contribution in [-0.2, 0) is 19.6 Å². The second-order valence-electron chi connectivity index (χ2n) is 7.21. The third kappa shape index (κ3) is 6.52. The second kappa shape index (κ2) is 11.7. The first-order chi connectivity index (χ1) is 16.8. The highest BCUT2D eigenvalue weighted by Crippen LogP contribution is 2.27. The number of sulfonamides is 1. The number of hydrogen-bond acceptors (Lipinski definition) is 6. The molecule has 8 nitrogen and oxygen atoms in total. The lowest BCUT2D eigenvalue weighted by molar-refractivity contribution is -0.114. The van der Waals surface area contributed by atoms with E-state index in [0.29, 0.717) is 12.4 Å². The number of anilines is 2. The Kier molecular flexibility index (Phi) is 8.73. The van der Waals surface area contributed by atoms with E-state index in [1.807, 2.05) is 6.92 Å². The Morgan fingerprint density at radius 2 is 1.63 bits per heavy atom. The molecule has 3 rings (SSSR count). The number of ether oxygens (including phenoxy) is 2. The van der Waals surface area contributed by atoms with E-state index >= 15 is 0 Å². The summed E-state index contributed by atoms with van der Waals surface area (Å²) in [6.07, 6.45) is 0. The van der Waals surface area contributed by atoms with Crippen molar-refractivity contribution < 1.29 is 27.5 Å². The van der Waals surface area contributed by atoms with Crippen LogP contribution >= 0.6 is 11.6 Å². The summed E-state index contributed by atoms with van der Waals surface area (Å²) in [5, 5.41) is 2.72. The van der Waals surface area contributed by atoms with Gasteiger partial charge in [-0.25, -0.2) is 13.2 Å². The molecule has 0 aliphatic heterocycles. The van der Waals surface area contributed by atoms with Gasteiger partial charge >= 0.3 is 5.97 Å². The Labute approximate surface area is 209 Å². The first-order valence-electron chi connectivity index (χ1n) is 10.8. The van der Waals surface area contributed by atoms with Crippen LogP contribution in [0.2, 0.25) is 5.02 Å². The van der Waals surface area contributed by atoms with E-state index in [2.05, 4.69) is 5.32 Å². The molecule has 0 fully saturated rings. The van der Waals surface area contributed by atoms with E-state index in [0.717, 1.165) is 4.31 Å². The monoisotopic (exact) mass is 516 g/mol. The summed E-state index contributed by atoms with van der Waals surface area (Å²) in [4.78, 5) is 24.9. The fourth-order valence-corrected chi connectivity index (χ4v) is 4.86. The normalized spacial score (nSPS) is 10.9. The summed E-state index contributed by atoms with van der Waals surface area (Å²) in [6.45, 7) is 3.69. The van der Waals surface area contributed by atoms with Gasteiger partial charge < -0.3 is 14.8 Å². The molecule has 3 aromatic rings. The van der Waals surface area contributed by atoms with Crippen molar-refractivity contribution in [1.29, 1.82) is 0 Å². The van der Waals surface area contributed by atoms with Crippen molar-refractivity contribution in [3.8, 4) is 5.75 Å². The molecule has 184 valence electrons. The Bertz CT molecular complexity index is 1280. The number of halogens is 1. The number of rotatable bonds is 10. The molecule has 1 N–H and O–H groups in total. The van der Waals surface area contributed by atoms with Gasteiger partial charge in [-0.2, -0.15) is 0 Å². The molecule has 0 bridgehead atoms. The molecule has 0 aromatic heterocycles. The molecule has 0 heterocycles. The zero-order chi connectivity index (χ0) is 25.4. The van der Waals surface area contributed by atoms with Crippen LogP contribution in [0.15, 0.2) is 77.7 Å². The van der Waals surface area contributed by atoms with E-state index < -0.39 is 28.4 Å². The summed E-state index contributed by atoms with van der Waals surface area (Å²) < 4.78 is 38.2. The number of carbonyl (C=O) groups excluding carboxylic acids is 2. The van der Waals surface area contributed by atoms with Crippen molar-refractivity contribution in [2.45, 2.75) is 18.7 Å². The Morgan fingerprint density at radius 1 is 0.943 bits per heavy atom. The van der Waals surface area contributed by atoms with Crippen LogP contribution in [0.5, 0.6) is 5.75 Å². The van der Waals surface area contributed by atoms with Crippen LogP contribution in [0.25, 0.3) is 0 Å². The number of carbonyl (C=O) groups is 2. The lowest BCUT2D eigenvalue weighted by Crippen LogP contribution is -2.38. The van der Waals surface area contributed by atoms with Crippen LogP contribution in [0, 0.1) is 0 Å². The second-order valence-corrected chi connectivity index (χ2v) is 9.48. The Hall–Kier alpha value is -3.56. The molecule has 10 heteroatoms. The number of nitrogens with zero attached hydrogens (tertiary/aromatic N) is 1. The van der Waals surface area contributed by atoms with E-state index in [9.17, 15) is 18.0 Å². The van der Waals surface area contributed by atoms with Crippen LogP contribution in [-0.4, -0.2) is 40.1 Å². The van der Waals surface area contributed by atoms with Crippen molar-refractivity contribution in [2.24, 2.45) is 0 Å². The van der Waals surface area contributed by atoms with E-state index in [1.54, 1.807) is 49.4 Å². The van der Waals surface area contributed by atoms with Crippen molar-refractivity contribution in [3.05, 3.63) is 83.4 Å². The maximum absolute atomic E-state index is 13.4. The van der Waals surface area contributed by atoms with Gasteiger partial charge in [0.05, 0.1) is 40.1 Å². The fraction of sp³-hybridized carbons (Fsp3) is 0.200. The zero-order valence-corrected chi connectivity index (χ0v) is 20.8. The van der Waals surface area contributed by atoms with Crippen molar-refractivity contribution >= 4 is 44.9 Å². The molecule has 0 aliphatic carbocycles. The van der Waals surface area contributed by atoms with Crippen molar-refractivity contribution in [3.63, 3.8) is 0 Å². The fourth-order valence-electron chi connectivity index (χ4n) is 3.19. The third-order valence-electron chi connectivity index (χ3n) is 4.81. The number of benzene rings is 3. The largest absolute Gasteiger partial charge is 0.494 e. The molecule has 0 unspecified atom stereocenters. The van der Waals surface area contributed by atoms with Gasteiger partial charge in [-0.3, -0.25) is 9.10 Å². The SMILES string of the molecule is CCOC(=O)c1ccc(NC(=O)CN(c2ccc(OCC)cc2)S(=O)(=O)c2ccccc2)c(Cl)c1. The molecule has 3 aromatic carbocycles. The minimum Gasteiger partial charge on any atom is -0.494 e. The van der Waals surface area contributed by atoms with Crippen LogP contribution in [0.1, 0.15) is 24.2 Å². The maximum atomic E-state index is 13.4. The summed E-state index contributed by atoms with van der Waals surface area (Å²) in [7, 11) is -4.06. The lowest BCUT2D eigenvalue weighted by atomic mass is 10.2. The lowest BCUT2D eigenvalue weighted by Gasteiger charge is -2.24. The van der Waals surface area contributed by atoms with E-state index in [4.69, 9.17) is 21.1 Å². The van der Waals surface area contributed by atoms with Gasteiger partial charge in [0.25, 0.3) is 10.0 Å². The molecule has 0 aliphatic rings. The van der Waals surface area contributed by atoms with Gasteiger partial charge in [0.1, 0.15) is 12.3 Å². The molecule has 35 heavy (non-hydrogen) atoms. The summed E-state index contributed by atoms with van der Waals surface area (Å²) in [6, 6.07) is 18.5. The Balaban J connectivity index is 1.87. The molecule has 0 saturated heterocycles. The zero-order valence-electron chi connectivity index (χ0n) is 19.2. The number of esters is 1. The smallest absolute Gasteiger partial charge is 0.338 e. The van der Waals surface area contributed by atoms with E-state index in [1.165, 1.54) is 30.3 Å². The number of nitrogens with one attached hydrogen (secondary N) is 1. The van der Waals surface area contributed by atoms with Gasteiger partial charge in [0.15, 0.2) is 0 Å². The summed E-state index contributed by atoms with van der Waals surface area (Å²) in [5.74, 6) is -0.585. The Morgan fingerprint density at radius 3 is 2.23 bits per heavy atom. The first-order valence-corrected chi connectivity index (χ1v) is 12.6. The predicted molar refractivity (Wildman–Crippen MR) is 135 cm³/mol. The highest BCUT2D eigenvalue weighted by molar-refractivity contribution is 7.92. The number of hydrogen-bond donors (Lipinski definition) is 1. The molecule has 0 saturated carbocycles. The van der Waals surface area contributed by atoms with E-state index in [-0.39, 0.29) is 33.5 Å². The molecular formula is C25H25ClN2O6S. The van der Waals surface area contributed by atoms with Crippen LogP contribution in [0.3, 0.4) is 0 Å². The highest BCUT2D eigenvalue weighted by Gasteiger charge is 2.27. The van der Waals surface area contributed by atoms with Gasteiger partial charge in [-0.15, -0.1) is 0 Å². The topological polar surface area (TPSA) is 102 Å². The molecule has 0 atom stereocenters. The van der Waals surface area contributed by atoms with Crippen LogP contribution in [0.4, 0.5) is 11.4 Å². The summed E-state index contributed by atoms with van der Waals surface area (Å²) in [5.41, 5.74) is 0.752. The third-order valence-corrected chi connectivity index (χ3v) is 6.91. The van der Waals surface area contributed by atoms with Crippen LogP contribution < -0.4 is 14.4 Å². The summed E-state index contributed by atoms with van der Waals surface area (Å²) >= 11 is 6.24. The van der Waals surface area contributed by atoms with Gasteiger partial charge in [0, 0.05) is 0 Å². The van der Waals surface area contributed by atoms with Crippen molar-refractivity contribution in [1.82, 2.24) is 0 Å². The van der Waals surface area contributed by atoms with Gasteiger partial charge in [-0.1, -0.05) is 29.8 Å². The minimum absolute atomic E-state index is 0.0403. The predicted octanol–water partition coefficient (Wildman–Crippen LogP) is 4.75. The molecule has 0 radical (unpaired) electrons.